The highest BCUT2D eigenvalue weighted by Crippen LogP contribution is 2.53. The van der Waals surface area contributed by atoms with Crippen LogP contribution in [-0.2, 0) is 7.05 Å². The predicted molar refractivity (Wildman–Crippen MR) is 90.4 cm³/mol. The van der Waals surface area contributed by atoms with E-state index in [1.807, 2.05) is 31.4 Å². The summed E-state index contributed by atoms with van der Waals surface area (Å²) in [5.74, 6) is 0.771. The number of piperidine rings is 3. The first-order valence-corrected chi connectivity index (χ1v) is 8.78. The molecule has 3 aliphatic heterocycles. The Balaban J connectivity index is 1.42. The van der Waals surface area contributed by atoms with Crippen molar-refractivity contribution in [2.45, 2.75) is 37.3 Å². The van der Waals surface area contributed by atoms with Crippen molar-refractivity contribution in [3.05, 3.63) is 36.0 Å². The maximum atomic E-state index is 12.8. The van der Waals surface area contributed by atoms with E-state index in [1.54, 1.807) is 0 Å². The van der Waals surface area contributed by atoms with Gasteiger partial charge in [-0.25, -0.2) is 0 Å². The standard InChI is InChI=1S/C19H23N3O/c1-21-9-4-14-12-15(2-3-16(14)21)18(23)20-17-13-5-10-22(11-6-13)19(17)7-8-19/h2-4,9,12-13,17H,5-8,10-11H2,1H3,(H,20,23). The molecule has 2 bridgehead atoms. The summed E-state index contributed by atoms with van der Waals surface area (Å²) >= 11 is 0. The van der Waals surface area contributed by atoms with Crippen LogP contribution in [0.2, 0.25) is 0 Å². The van der Waals surface area contributed by atoms with Crippen LogP contribution < -0.4 is 5.32 Å². The lowest BCUT2D eigenvalue weighted by atomic mass is 9.77. The summed E-state index contributed by atoms with van der Waals surface area (Å²) < 4.78 is 2.09. The zero-order valence-corrected chi connectivity index (χ0v) is 13.6. The number of carbonyl (C=O) groups is 1. The van der Waals surface area contributed by atoms with Crippen molar-refractivity contribution >= 4 is 16.8 Å². The van der Waals surface area contributed by atoms with Crippen LogP contribution >= 0.6 is 0 Å². The number of hydrogen-bond donors (Lipinski definition) is 1. The van der Waals surface area contributed by atoms with E-state index in [0.717, 1.165) is 10.9 Å². The molecule has 1 spiro atoms. The lowest BCUT2D eigenvalue weighted by Crippen LogP contribution is -2.65. The van der Waals surface area contributed by atoms with Gasteiger partial charge in [-0.15, -0.1) is 0 Å². The molecule has 3 saturated heterocycles. The van der Waals surface area contributed by atoms with Gasteiger partial charge < -0.3 is 9.88 Å². The average Bonchev–Trinajstić information content (AvgIpc) is 3.28. The van der Waals surface area contributed by atoms with Crippen molar-refractivity contribution in [3.8, 4) is 0 Å². The number of nitrogens with zero attached hydrogens (tertiary/aromatic N) is 2. The second-order valence-electron chi connectivity index (χ2n) is 7.58. The summed E-state index contributed by atoms with van der Waals surface area (Å²) in [5.41, 5.74) is 2.26. The molecule has 6 rings (SSSR count). The first kappa shape index (κ1) is 13.6. The summed E-state index contributed by atoms with van der Waals surface area (Å²) in [6, 6.07) is 8.45. The molecule has 4 nitrogen and oxygen atoms in total. The number of benzene rings is 1. The Labute approximate surface area is 136 Å². The van der Waals surface area contributed by atoms with Crippen molar-refractivity contribution in [2.75, 3.05) is 13.1 Å². The number of rotatable bonds is 2. The number of nitrogens with one attached hydrogen (secondary N) is 1. The molecular formula is C19H23N3O. The third kappa shape index (κ3) is 1.91. The van der Waals surface area contributed by atoms with Crippen molar-refractivity contribution in [1.82, 2.24) is 14.8 Å². The zero-order chi connectivity index (χ0) is 15.6. The van der Waals surface area contributed by atoms with E-state index in [1.165, 1.54) is 44.3 Å². The number of carbonyl (C=O) groups excluding carboxylic acids is 1. The minimum atomic E-state index is 0.0979. The van der Waals surface area contributed by atoms with Crippen LogP contribution in [0.4, 0.5) is 0 Å². The van der Waals surface area contributed by atoms with Crippen LogP contribution in [0.3, 0.4) is 0 Å². The third-order valence-electron chi connectivity index (χ3n) is 6.42. The maximum Gasteiger partial charge on any atom is 0.251 e. The summed E-state index contributed by atoms with van der Waals surface area (Å²) in [4.78, 5) is 15.5. The molecule has 2 aromatic rings. The van der Waals surface area contributed by atoms with Gasteiger partial charge in [-0.1, -0.05) is 0 Å². The van der Waals surface area contributed by atoms with Gasteiger partial charge >= 0.3 is 0 Å². The van der Waals surface area contributed by atoms with Gasteiger partial charge in [0.2, 0.25) is 0 Å². The molecule has 4 aliphatic rings. The van der Waals surface area contributed by atoms with Crippen molar-refractivity contribution in [1.29, 1.82) is 0 Å². The second-order valence-corrected chi connectivity index (χ2v) is 7.58. The van der Waals surface area contributed by atoms with Gasteiger partial charge in [0, 0.05) is 35.2 Å². The minimum absolute atomic E-state index is 0.0979. The Morgan fingerprint density at radius 3 is 2.74 bits per heavy atom. The fourth-order valence-corrected chi connectivity index (χ4v) is 4.97. The van der Waals surface area contributed by atoms with E-state index in [9.17, 15) is 4.79 Å². The topological polar surface area (TPSA) is 37.3 Å². The van der Waals surface area contributed by atoms with Gasteiger partial charge in [-0.2, -0.15) is 0 Å². The van der Waals surface area contributed by atoms with Crippen LogP contribution in [0.25, 0.3) is 10.9 Å². The lowest BCUT2D eigenvalue weighted by Gasteiger charge is -2.52. The molecule has 4 fully saturated rings. The van der Waals surface area contributed by atoms with Gasteiger partial charge in [0.25, 0.3) is 5.91 Å². The van der Waals surface area contributed by atoms with E-state index in [0.29, 0.717) is 17.5 Å². The summed E-state index contributed by atoms with van der Waals surface area (Å²) in [5, 5.41) is 4.54. The van der Waals surface area contributed by atoms with Crippen LogP contribution in [0.1, 0.15) is 36.0 Å². The summed E-state index contributed by atoms with van der Waals surface area (Å²) in [6.45, 7) is 2.46. The quantitative estimate of drug-likeness (QED) is 0.925. The molecule has 4 heteroatoms. The van der Waals surface area contributed by atoms with Crippen LogP contribution in [0, 0.1) is 5.92 Å². The van der Waals surface area contributed by atoms with Gasteiger partial charge in [0.05, 0.1) is 6.04 Å². The van der Waals surface area contributed by atoms with Gasteiger partial charge in [-0.3, -0.25) is 9.69 Å². The van der Waals surface area contributed by atoms with E-state index in [4.69, 9.17) is 0 Å². The molecule has 4 heterocycles. The molecule has 120 valence electrons. The Bertz CT molecular complexity index is 781. The monoisotopic (exact) mass is 309 g/mol. The first-order valence-electron chi connectivity index (χ1n) is 8.78. The smallest absolute Gasteiger partial charge is 0.251 e. The summed E-state index contributed by atoms with van der Waals surface area (Å²) in [6.07, 6.45) is 7.03. The number of aryl methyl sites for hydroxylation is 1. The van der Waals surface area contributed by atoms with E-state index in [2.05, 4.69) is 20.9 Å². The predicted octanol–water partition coefficient (Wildman–Crippen LogP) is 2.53. The fourth-order valence-electron chi connectivity index (χ4n) is 4.97. The third-order valence-corrected chi connectivity index (χ3v) is 6.42. The Morgan fingerprint density at radius 2 is 2.00 bits per heavy atom. The Hall–Kier alpha value is -1.81. The highest BCUT2D eigenvalue weighted by Gasteiger charge is 2.60. The molecule has 1 atom stereocenters. The van der Waals surface area contributed by atoms with Crippen molar-refractivity contribution < 1.29 is 4.79 Å². The number of fused-ring (bicyclic) bond motifs is 3. The number of amides is 1. The van der Waals surface area contributed by atoms with Gasteiger partial charge in [0.1, 0.15) is 0 Å². The highest BCUT2D eigenvalue weighted by atomic mass is 16.1. The Morgan fingerprint density at radius 1 is 1.22 bits per heavy atom. The van der Waals surface area contributed by atoms with Crippen molar-refractivity contribution in [2.24, 2.45) is 13.0 Å². The van der Waals surface area contributed by atoms with Crippen LogP contribution in [-0.4, -0.2) is 40.0 Å². The normalized spacial score (nSPS) is 30.7. The molecule has 1 N–H and O–H groups in total. The Kier molecular flexibility index (Phi) is 2.72. The molecular weight excluding hydrogens is 286 g/mol. The first-order chi connectivity index (χ1) is 11.2. The molecule has 1 aromatic carbocycles. The molecule has 1 amide bonds. The number of hydrogen-bond acceptors (Lipinski definition) is 2. The zero-order valence-electron chi connectivity index (χ0n) is 13.6. The molecule has 1 unspecified atom stereocenters. The van der Waals surface area contributed by atoms with E-state index in [-0.39, 0.29) is 5.91 Å². The van der Waals surface area contributed by atoms with Crippen molar-refractivity contribution in [3.63, 3.8) is 0 Å². The maximum absolute atomic E-state index is 12.8. The fraction of sp³-hybridized carbons (Fsp3) is 0.526. The second kappa shape index (κ2) is 4.60. The van der Waals surface area contributed by atoms with Crippen LogP contribution in [0.5, 0.6) is 0 Å². The largest absolute Gasteiger partial charge is 0.351 e. The number of aromatic nitrogens is 1. The average molecular weight is 309 g/mol. The lowest BCUT2D eigenvalue weighted by molar-refractivity contribution is -0.00144. The molecule has 1 saturated carbocycles. The van der Waals surface area contributed by atoms with Gasteiger partial charge in [-0.05, 0) is 69.0 Å². The van der Waals surface area contributed by atoms with Gasteiger partial charge in [0.15, 0.2) is 0 Å². The van der Waals surface area contributed by atoms with E-state index >= 15 is 0 Å². The van der Waals surface area contributed by atoms with Crippen LogP contribution in [0.15, 0.2) is 30.5 Å². The highest BCUT2D eigenvalue weighted by molar-refractivity contribution is 5.98. The molecule has 1 aliphatic carbocycles. The molecule has 0 radical (unpaired) electrons. The SMILES string of the molecule is Cn1ccc2cc(C(=O)NC3C4CCN(CC4)C34CC4)ccc21. The van der Waals surface area contributed by atoms with E-state index < -0.39 is 0 Å². The molecule has 1 aromatic heterocycles. The minimum Gasteiger partial charge on any atom is -0.351 e. The molecule has 23 heavy (non-hydrogen) atoms. The summed E-state index contributed by atoms with van der Waals surface area (Å²) in [7, 11) is 2.03.